The standard InChI is InChI=1S/C54H80F2O/c1-3-5-7-13-41-17-21-43(22-18-41)45-25-29-47(30-26-45)51-35-33-49(53(55)39-51)15-9-11-37-57-38-12-10-16-50-34-36-52(40-54(50)56)48-31-27-46(28-32-48)44-23-19-42(20-24-44)14-8-6-4-2/h9-12,33-36,39-48H,3-8,13-32,37-38H2,1-2H3. The van der Waals surface area contributed by atoms with Crippen LogP contribution in [0.1, 0.15) is 202 Å². The van der Waals surface area contributed by atoms with Crippen LogP contribution in [0.4, 0.5) is 8.78 Å². The number of allylic oxidation sites excluding steroid dienone is 2. The van der Waals surface area contributed by atoms with Crippen LogP contribution in [0.25, 0.3) is 0 Å². The molecule has 4 fully saturated rings. The molecule has 2 aromatic carbocycles. The van der Waals surface area contributed by atoms with Gasteiger partial charge in [-0.2, -0.15) is 0 Å². The monoisotopic (exact) mass is 783 g/mol. The highest BCUT2D eigenvalue weighted by Crippen LogP contribution is 2.46. The number of unbranched alkanes of at least 4 members (excludes halogenated alkanes) is 4. The van der Waals surface area contributed by atoms with Crippen molar-refractivity contribution in [2.24, 2.45) is 35.5 Å². The summed E-state index contributed by atoms with van der Waals surface area (Å²) >= 11 is 0. The largest absolute Gasteiger partial charge is 0.373 e. The maximum absolute atomic E-state index is 15.1. The number of ether oxygens (including phenoxy) is 1. The second-order valence-corrected chi connectivity index (χ2v) is 19.4. The van der Waals surface area contributed by atoms with E-state index in [0.717, 1.165) is 46.6 Å². The van der Waals surface area contributed by atoms with E-state index in [-0.39, 0.29) is 11.6 Å². The SMILES string of the molecule is CCCCCC1CCC(C2CCC(c3ccc(CC=CCOCC=CCc4ccc(C5CCC(C6CCC(CCCCC)CC6)CC5)cc4F)c(F)c3)CC2)CC1. The number of halogens is 2. The number of benzene rings is 2. The highest BCUT2D eigenvalue weighted by Gasteiger charge is 2.33. The summed E-state index contributed by atoms with van der Waals surface area (Å²) in [6.07, 6.45) is 42.1. The summed E-state index contributed by atoms with van der Waals surface area (Å²) in [5, 5.41) is 0. The molecule has 3 heteroatoms. The molecule has 0 amide bonds. The molecule has 0 bridgehead atoms. The Labute approximate surface area is 348 Å². The summed E-state index contributed by atoms with van der Waals surface area (Å²) in [4.78, 5) is 0. The quantitative estimate of drug-likeness (QED) is 0.0960. The summed E-state index contributed by atoms with van der Waals surface area (Å²) in [5.74, 6) is 6.51. The third-order valence-corrected chi connectivity index (χ3v) is 15.6. The molecule has 0 atom stereocenters. The maximum atomic E-state index is 15.1. The number of hydrogen-bond donors (Lipinski definition) is 0. The van der Waals surface area contributed by atoms with Gasteiger partial charge in [0, 0.05) is 0 Å². The Morgan fingerprint density at radius 2 is 0.842 bits per heavy atom. The molecule has 4 aliphatic carbocycles. The van der Waals surface area contributed by atoms with Crippen molar-refractivity contribution in [3.05, 3.63) is 94.6 Å². The van der Waals surface area contributed by atoms with E-state index in [4.69, 9.17) is 4.74 Å². The van der Waals surface area contributed by atoms with Crippen LogP contribution in [0.15, 0.2) is 60.7 Å². The first-order valence-corrected chi connectivity index (χ1v) is 24.4. The first-order chi connectivity index (χ1) is 28.0. The van der Waals surface area contributed by atoms with Crippen LogP contribution in [0, 0.1) is 47.1 Å². The highest BCUT2D eigenvalue weighted by atomic mass is 19.1. The molecule has 0 aromatic heterocycles. The molecule has 0 unspecified atom stereocenters. The van der Waals surface area contributed by atoms with E-state index in [1.807, 2.05) is 48.6 Å². The number of rotatable bonds is 20. The van der Waals surface area contributed by atoms with Gasteiger partial charge in [0.15, 0.2) is 0 Å². The van der Waals surface area contributed by atoms with Crippen molar-refractivity contribution in [1.29, 1.82) is 0 Å². The van der Waals surface area contributed by atoms with E-state index in [1.54, 1.807) is 0 Å². The van der Waals surface area contributed by atoms with Gasteiger partial charge in [0.1, 0.15) is 11.6 Å². The highest BCUT2D eigenvalue weighted by molar-refractivity contribution is 5.30. The molecule has 4 aliphatic rings. The minimum atomic E-state index is -0.0715. The van der Waals surface area contributed by atoms with Crippen molar-refractivity contribution in [3.63, 3.8) is 0 Å². The topological polar surface area (TPSA) is 9.23 Å². The predicted octanol–water partition coefficient (Wildman–Crippen LogP) is 16.2. The fourth-order valence-electron chi connectivity index (χ4n) is 11.8. The maximum Gasteiger partial charge on any atom is 0.126 e. The zero-order valence-electron chi connectivity index (χ0n) is 36.4. The Kier molecular flexibility index (Phi) is 18.7. The lowest BCUT2D eigenvalue weighted by atomic mass is 9.68. The summed E-state index contributed by atoms with van der Waals surface area (Å²) in [7, 11) is 0. The molecule has 0 saturated heterocycles. The van der Waals surface area contributed by atoms with Gasteiger partial charge in [0.25, 0.3) is 0 Å². The van der Waals surface area contributed by atoms with E-state index in [9.17, 15) is 0 Å². The lowest BCUT2D eigenvalue weighted by Crippen LogP contribution is -2.25. The van der Waals surface area contributed by atoms with Crippen LogP contribution in [-0.2, 0) is 17.6 Å². The van der Waals surface area contributed by atoms with E-state index < -0.39 is 0 Å². The minimum absolute atomic E-state index is 0.0715. The zero-order chi connectivity index (χ0) is 39.7. The number of hydrogen-bond acceptors (Lipinski definition) is 1. The summed E-state index contributed by atoms with van der Waals surface area (Å²) in [6, 6.07) is 12.0. The van der Waals surface area contributed by atoms with Crippen molar-refractivity contribution in [2.75, 3.05) is 13.2 Å². The fourth-order valence-corrected chi connectivity index (χ4v) is 11.8. The molecule has 4 saturated carbocycles. The Morgan fingerprint density at radius 1 is 0.474 bits per heavy atom. The molecule has 316 valence electrons. The van der Waals surface area contributed by atoms with Crippen LogP contribution in [0.3, 0.4) is 0 Å². The molecule has 6 rings (SSSR count). The Morgan fingerprint density at radius 3 is 1.19 bits per heavy atom. The molecule has 0 heterocycles. The van der Waals surface area contributed by atoms with Crippen LogP contribution in [-0.4, -0.2) is 13.2 Å². The minimum Gasteiger partial charge on any atom is -0.373 e. The molecule has 0 spiro atoms. The zero-order valence-corrected chi connectivity index (χ0v) is 36.4. The second-order valence-electron chi connectivity index (χ2n) is 19.4. The van der Waals surface area contributed by atoms with Crippen molar-refractivity contribution in [2.45, 2.75) is 193 Å². The summed E-state index contributed by atoms with van der Waals surface area (Å²) < 4.78 is 36.0. The third kappa shape index (κ3) is 13.9. The second kappa shape index (κ2) is 24.1. The van der Waals surface area contributed by atoms with E-state index in [1.165, 1.54) is 165 Å². The van der Waals surface area contributed by atoms with Crippen molar-refractivity contribution >= 4 is 0 Å². The summed E-state index contributed by atoms with van der Waals surface area (Å²) in [6.45, 7) is 5.58. The van der Waals surface area contributed by atoms with Gasteiger partial charge in [-0.1, -0.05) is 139 Å². The van der Waals surface area contributed by atoms with Crippen molar-refractivity contribution in [1.82, 2.24) is 0 Å². The predicted molar refractivity (Wildman–Crippen MR) is 238 cm³/mol. The normalized spacial score (nSPS) is 28.7. The van der Waals surface area contributed by atoms with Gasteiger partial charge in [-0.15, -0.1) is 0 Å². The summed E-state index contributed by atoms with van der Waals surface area (Å²) in [5.41, 5.74) is 3.90. The molecule has 0 N–H and O–H groups in total. The Balaban J connectivity index is 0.819. The van der Waals surface area contributed by atoms with Gasteiger partial charge in [-0.05, 0) is 172 Å². The first-order valence-electron chi connectivity index (χ1n) is 24.4. The van der Waals surface area contributed by atoms with E-state index in [0.29, 0.717) is 37.9 Å². The van der Waals surface area contributed by atoms with Crippen LogP contribution in [0.5, 0.6) is 0 Å². The van der Waals surface area contributed by atoms with Gasteiger partial charge >= 0.3 is 0 Å². The molecular formula is C54H80F2O. The van der Waals surface area contributed by atoms with Crippen LogP contribution >= 0.6 is 0 Å². The molecule has 2 aromatic rings. The van der Waals surface area contributed by atoms with Gasteiger partial charge in [-0.25, -0.2) is 8.78 Å². The van der Waals surface area contributed by atoms with E-state index >= 15 is 8.78 Å². The molecule has 1 nitrogen and oxygen atoms in total. The fraction of sp³-hybridized carbons (Fsp3) is 0.704. The van der Waals surface area contributed by atoms with Crippen molar-refractivity contribution in [3.8, 4) is 0 Å². The average Bonchev–Trinajstić information content (AvgIpc) is 3.25. The third-order valence-electron chi connectivity index (χ3n) is 15.6. The molecule has 0 radical (unpaired) electrons. The van der Waals surface area contributed by atoms with Crippen LogP contribution in [0.2, 0.25) is 0 Å². The first kappa shape index (κ1) is 44.3. The molecule has 0 aliphatic heterocycles. The van der Waals surface area contributed by atoms with E-state index in [2.05, 4.69) is 26.0 Å². The van der Waals surface area contributed by atoms with Gasteiger partial charge < -0.3 is 4.74 Å². The lowest BCUT2D eigenvalue weighted by Gasteiger charge is -2.38. The molecular weight excluding hydrogens is 703 g/mol. The van der Waals surface area contributed by atoms with Crippen LogP contribution < -0.4 is 0 Å². The Bertz CT molecular complexity index is 1370. The lowest BCUT2D eigenvalue weighted by molar-refractivity contribution is 0.155. The van der Waals surface area contributed by atoms with Crippen molar-refractivity contribution < 1.29 is 13.5 Å². The van der Waals surface area contributed by atoms with Gasteiger partial charge in [0.2, 0.25) is 0 Å². The Hall–Kier alpha value is -2.26. The van der Waals surface area contributed by atoms with Gasteiger partial charge in [-0.3, -0.25) is 0 Å². The molecule has 57 heavy (non-hydrogen) atoms. The smallest absolute Gasteiger partial charge is 0.126 e. The van der Waals surface area contributed by atoms with Gasteiger partial charge in [0.05, 0.1) is 13.2 Å². The average molecular weight is 783 g/mol.